The molecule has 0 radical (unpaired) electrons. The average molecular weight is 348 g/mol. The molecule has 134 valence electrons. The summed E-state index contributed by atoms with van der Waals surface area (Å²) in [5, 5.41) is 20.1. The Hall–Kier alpha value is -1.58. The second-order valence-electron chi connectivity index (χ2n) is 6.33. The van der Waals surface area contributed by atoms with Gasteiger partial charge in [0.2, 0.25) is 0 Å². The molecule has 1 aromatic carbocycles. The van der Waals surface area contributed by atoms with Crippen LogP contribution in [0.3, 0.4) is 0 Å². The van der Waals surface area contributed by atoms with Crippen molar-refractivity contribution in [3.8, 4) is 0 Å². The number of aliphatic hydroxyl groups is 1. The van der Waals surface area contributed by atoms with Crippen LogP contribution in [-0.4, -0.2) is 41.5 Å². The topological polar surface area (TPSA) is 76.0 Å². The Morgan fingerprint density at radius 1 is 1.17 bits per heavy atom. The number of alkyl halides is 3. The number of methoxy groups -OCH3 is 1. The number of rotatable bonds is 5. The van der Waals surface area contributed by atoms with E-state index in [1.807, 2.05) is 0 Å². The molecule has 0 aliphatic heterocycles. The van der Waals surface area contributed by atoms with Gasteiger partial charge in [0, 0.05) is 0 Å². The fraction of sp³-hybridized carbons (Fsp3) is 0.533. The van der Waals surface area contributed by atoms with Gasteiger partial charge in [0.15, 0.2) is 0 Å². The van der Waals surface area contributed by atoms with Crippen LogP contribution in [0.15, 0.2) is 18.2 Å². The summed E-state index contributed by atoms with van der Waals surface area (Å²) in [5.41, 5.74) is -4.70. The van der Waals surface area contributed by atoms with E-state index in [2.05, 4.69) is 4.74 Å². The highest BCUT2D eigenvalue weighted by atomic mass is 19.4. The van der Waals surface area contributed by atoms with Crippen molar-refractivity contribution in [1.82, 2.24) is 0 Å². The van der Waals surface area contributed by atoms with Crippen molar-refractivity contribution >= 4 is 18.6 Å². The Balaban J connectivity index is 3.25. The monoisotopic (exact) mass is 348 g/mol. The molecule has 0 aliphatic carbocycles. The van der Waals surface area contributed by atoms with Crippen molar-refractivity contribution in [2.45, 2.75) is 45.1 Å². The molecule has 0 saturated carbocycles. The number of carbonyl (C=O) groups is 1. The largest absolute Gasteiger partial charge is 0.491 e. The first-order valence-corrected chi connectivity index (χ1v) is 7.08. The Morgan fingerprint density at radius 2 is 1.71 bits per heavy atom. The Bertz CT molecular complexity index is 608. The van der Waals surface area contributed by atoms with Gasteiger partial charge in [-0.15, -0.1) is 0 Å². The number of hydrogen-bond donors (Lipinski definition) is 2. The summed E-state index contributed by atoms with van der Waals surface area (Å²) in [6, 6.07) is 2.66. The van der Waals surface area contributed by atoms with E-state index >= 15 is 0 Å². The van der Waals surface area contributed by atoms with Gasteiger partial charge in [-0.3, -0.25) is 0 Å². The van der Waals surface area contributed by atoms with Crippen LogP contribution >= 0.6 is 0 Å². The van der Waals surface area contributed by atoms with Crippen molar-refractivity contribution < 1.29 is 37.5 Å². The van der Waals surface area contributed by atoms with E-state index in [1.54, 1.807) is 0 Å². The number of hydrogen-bond acceptors (Lipinski definition) is 5. The van der Waals surface area contributed by atoms with Crippen molar-refractivity contribution in [3.05, 3.63) is 29.3 Å². The first-order chi connectivity index (χ1) is 10.7. The third-order valence-corrected chi connectivity index (χ3v) is 3.92. The normalized spacial score (nSPS) is 12.9. The van der Waals surface area contributed by atoms with Gasteiger partial charge in [-0.25, -0.2) is 4.79 Å². The summed E-state index contributed by atoms with van der Waals surface area (Å²) >= 11 is 0. The van der Waals surface area contributed by atoms with Gasteiger partial charge in [-0.05, 0) is 45.3 Å². The Morgan fingerprint density at radius 3 is 2.12 bits per heavy atom. The summed E-state index contributed by atoms with van der Waals surface area (Å²) < 4.78 is 49.1. The molecule has 0 unspecified atom stereocenters. The van der Waals surface area contributed by atoms with Crippen LogP contribution in [0.2, 0.25) is 0 Å². The lowest BCUT2D eigenvalue weighted by Gasteiger charge is -2.38. The molecule has 0 amide bonds. The standard InChI is InChI=1S/C15H20BF3O5/c1-13(2,21)14(3,4)24-16(22)9-6-7-10(12(20)23-5)11(8-9)15(17,18)19/h6-8,21-22H,1-5H3. The van der Waals surface area contributed by atoms with Crippen molar-refractivity contribution in [1.29, 1.82) is 0 Å². The van der Waals surface area contributed by atoms with Crippen LogP contribution in [0.5, 0.6) is 0 Å². The van der Waals surface area contributed by atoms with Crippen molar-refractivity contribution in [2.75, 3.05) is 7.11 Å². The van der Waals surface area contributed by atoms with E-state index in [0.717, 1.165) is 19.2 Å². The minimum absolute atomic E-state index is 0.202. The molecule has 1 aromatic rings. The smallest absolute Gasteiger partial charge is 0.465 e. The first kappa shape index (κ1) is 20.5. The second kappa shape index (κ2) is 6.74. The predicted octanol–water partition coefficient (Wildman–Crippen LogP) is 1.75. The van der Waals surface area contributed by atoms with E-state index in [1.165, 1.54) is 27.7 Å². The van der Waals surface area contributed by atoms with E-state index in [0.29, 0.717) is 6.07 Å². The van der Waals surface area contributed by atoms with Crippen molar-refractivity contribution in [2.24, 2.45) is 0 Å². The molecule has 0 heterocycles. The molecule has 0 aliphatic rings. The average Bonchev–Trinajstić information content (AvgIpc) is 2.43. The van der Waals surface area contributed by atoms with Crippen molar-refractivity contribution in [3.63, 3.8) is 0 Å². The Kier molecular flexibility index (Phi) is 5.75. The number of carbonyl (C=O) groups excluding carboxylic acids is 1. The molecule has 9 heteroatoms. The van der Waals surface area contributed by atoms with Crippen LogP contribution in [-0.2, 0) is 15.6 Å². The predicted molar refractivity (Wildman–Crippen MR) is 81.9 cm³/mol. The lowest BCUT2D eigenvalue weighted by Crippen LogP contribution is -2.53. The van der Waals surface area contributed by atoms with E-state index in [4.69, 9.17) is 4.65 Å². The lowest BCUT2D eigenvalue weighted by atomic mass is 9.75. The fourth-order valence-corrected chi connectivity index (χ4v) is 1.73. The molecule has 0 spiro atoms. The highest BCUT2D eigenvalue weighted by molar-refractivity contribution is 6.60. The van der Waals surface area contributed by atoms with Gasteiger partial charge >= 0.3 is 19.3 Å². The maximum absolute atomic E-state index is 13.1. The minimum atomic E-state index is -4.81. The van der Waals surface area contributed by atoms with Crippen LogP contribution in [0.25, 0.3) is 0 Å². The SMILES string of the molecule is COC(=O)c1ccc(B(O)OC(C)(C)C(C)(C)O)cc1C(F)(F)F. The minimum Gasteiger partial charge on any atom is -0.465 e. The molecule has 1 rings (SSSR count). The number of ether oxygens (including phenoxy) is 1. The second-order valence-corrected chi connectivity index (χ2v) is 6.33. The molecular formula is C15H20BF3O5. The molecule has 0 atom stereocenters. The fourth-order valence-electron chi connectivity index (χ4n) is 1.73. The van der Waals surface area contributed by atoms with Gasteiger partial charge in [-0.2, -0.15) is 13.2 Å². The molecule has 0 aromatic heterocycles. The van der Waals surface area contributed by atoms with Crippen LogP contribution in [0, 0.1) is 0 Å². The number of benzene rings is 1. The summed E-state index contributed by atoms with van der Waals surface area (Å²) in [6.45, 7) is 5.87. The molecule has 5 nitrogen and oxygen atoms in total. The molecular weight excluding hydrogens is 328 g/mol. The lowest BCUT2D eigenvalue weighted by molar-refractivity contribution is -0.138. The highest BCUT2D eigenvalue weighted by Crippen LogP contribution is 2.32. The first-order valence-electron chi connectivity index (χ1n) is 7.08. The zero-order valence-corrected chi connectivity index (χ0v) is 14.1. The highest BCUT2D eigenvalue weighted by Gasteiger charge is 2.41. The number of esters is 1. The van der Waals surface area contributed by atoms with Gasteiger partial charge in [0.05, 0.1) is 29.4 Å². The molecule has 24 heavy (non-hydrogen) atoms. The molecule has 0 saturated heterocycles. The zero-order valence-electron chi connectivity index (χ0n) is 14.1. The summed E-state index contributed by atoms with van der Waals surface area (Å²) in [5.74, 6) is -1.14. The van der Waals surface area contributed by atoms with Gasteiger partial charge in [0.25, 0.3) is 0 Å². The summed E-state index contributed by atoms with van der Waals surface area (Å²) in [4.78, 5) is 11.5. The molecule has 0 fully saturated rings. The van der Waals surface area contributed by atoms with E-state index in [-0.39, 0.29) is 5.46 Å². The Labute approximate surface area is 138 Å². The van der Waals surface area contributed by atoms with E-state index < -0.39 is 41.6 Å². The number of halogens is 3. The van der Waals surface area contributed by atoms with E-state index in [9.17, 15) is 28.1 Å². The van der Waals surface area contributed by atoms with Gasteiger partial charge in [0.1, 0.15) is 0 Å². The third kappa shape index (κ3) is 4.49. The van der Waals surface area contributed by atoms with Gasteiger partial charge in [-0.1, -0.05) is 6.07 Å². The van der Waals surface area contributed by atoms with Crippen LogP contribution in [0.1, 0.15) is 43.6 Å². The van der Waals surface area contributed by atoms with Crippen LogP contribution in [0.4, 0.5) is 13.2 Å². The molecule has 2 N–H and O–H groups in total. The van der Waals surface area contributed by atoms with Crippen LogP contribution < -0.4 is 5.46 Å². The summed E-state index contributed by atoms with van der Waals surface area (Å²) in [7, 11) is -0.751. The maximum Gasteiger partial charge on any atom is 0.491 e. The van der Waals surface area contributed by atoms with Gasteiger partial charge < -0.3 is 19.5 Å². The zero-order chi connectivity index (χ0) is 18.9. The third-order valence-electron chi connectivity index (χ3n) is 3.92. The maximum atomic E-state index is 13.1. The summed E-state index contributed by atoms with van der Waals surface area (Å²) in [6.07, 6.45) is -4.81. The molecule has 0 bridgehead atoms. The quantitative estimate of drug-likeness (QED) is 0.626.